The Hall–Kier alpha value is -2.66. The number of sulfonamides is 1. The number of benzene rings is 2. The van der Waals surface area contributed by atoms with Gasteiger partial charge in [-0.25, -0.2) is 12.8 Å². The number of alkyl halides is 3. The van der Waals surface area contributed by atoms with Crippen molar-refractivity contribution in [2.75, 3.05) is 6.61 Å². The molecule has 0 aromatic heterocycles. The molecule has 1 amide bonds. The molecule has 2 rings (SSSR count). The first-order chi connectivity index (χ1) is 12.1. The van der Waals surface area contributed by atoms with E-state index in [1.54, 1.807) is 4.83 Å². The van der Waals surface area contributed by atoms with Crippen molar-refractivity contribution in [1.82, 2.24) is 10.3 Å². The molecule has 0 radical (unpaired) electrons. The highest BCUT2D eigenvalue weighted by Gasteiger charge is 2.30. The molecule has 0 unspecified atom stereocenters. The maximum atomic E-state index is 13.0. The standard InChI is InChI=1S/C15H12F4N2O4S/c16-11-4-2-6-13(8-11)26(23,24)21-20-14(22)9-25-12-5-1-3-10(7-12)15(17,18)19/h1-8,21H,9H2,(H,20,22). The summed E-state index contributed by atoms with van der Waals surface area (Å²) in [5, 5.41) is 0. The maximum absolute atomic E-state index is 13.0. The largest absolute Gasteiger partial charge is 0.484 e. The minimum atomic E-state index is -4.57. The van der Waals surface area contributed by atoms with E-state index in [9.17, 15) is 30.8 Å². The number of hydrazine groups is 1. The van der Waals surface area contributed by atoms with E-state index in [1.165, 1.54) is 12.1 Å². The highest BCUT2D eigenvalue weighted by atomic mass is 32.2. The first kappa shape index (κ1) is 19.7. The second kappa shape index (κ2) is 7.70. The highest BCUT2D eigenvalue weighted by molar-refractivity contribution is 7.89. The second-order valence-electron chi connectivity index (χ2n) is 4.93. The van der Waals surface area contributed by atoms with Gasteiger partial charge in [-0.1, -0.05) is 12.1 Å². The van der Waals surface area contributed by atoms with E-state index in [1.807, 2.05) is 5.43 Å². The van der Waals surface area contributed by atoms with Crippen LogP contribution < -0.4 is 15.0 Å². The Kier molecular flexibility index (Phi) is 5.83. The van der Waals surface area contributed by atoms with E-state index in [0.29, 0.717) is 6.07 Å². The van der Waals surface area contributed by atoms with Gasteiger partial charge in [0.05, 0.1) is 10.5 Å². The minimum Gasteiger partial charge on any atom is -0.484 e. The van der Waals surface area contributed by atoms with Crippen LogP contribution in [0.1, 0.15) is 5.56 Å². The van der Waals surface area contributed by atoms with E-state index >= 15 is 0 Å². The summed E-state index contributed by atoms with van der Waals surface area (Å²) in [5.74, 6) is -1.97. The second-order valence-corrected chi connectivity index (χ2v) is 6.61. The average molecular weight is 392 g/mol. The molecule has 0 fully saturated rings. The molecule has 2 aromatic rings. The van der Waals surface area contributed by atoms with Crippen molar-refractivity contribution in [1.29, 1.82) is 0 Å². The molecule has 6 nitrogen and oxygen atoms in total. The Morgan fingerprint density at radius 1 is 1.08 bits per heavy atom. The van der Waals surface area contributed by atoms with Gasteiger partial charge in [-0.15, -0.1) is 4.83 Å². The number of carbonyl (C=O) groups is 1. The highest BCUT2D eigenvalue weighted by Crippen LogP contribution is 2.31. The quantitative estimate of drug-likeness (QED) is 0.583. The topological polar surface area (TPSA) is 84.5 Å². The number of amides is 1. The first-order valence-corrected chi connectivity index (χ1v) is 8.42. The normalized spacial score (nSPS) is 11.8. The Bertz CT molecular complexity index is 901. The van der Waals surface area contributed by atoms with Gasteiger partial charge in [0.25, 0.3) is 15.9 Å². The fourth-order valence-electron chi connectivity index (χ4n) is 1.76. The molecule has 11 heteroatoms. The van der Waals surface area contributed by atoms with Crippen molar-refractivity contribution in [3.63, 3.8) is 0 Å². The molecule has 0 bridgehead atoms. The van der Waals surface area contributed by atoms with Gasteiger partial charge in [-0.2, -0.15) is 13.2 Å². The van der Waals surface area contributed by atoms with Crippen molar-refractivity contribution < 1.29 is 35.5 Å². The summed E-state index contributed by atoms with van der Waals surface area (Å²) in [6.07, 6.45) is -4.57. The molecule has 2 aromatic carbocycles. The zero-order valence-corrected chi connectivity index (χ0v) is 13.7. The molecule has 0 aliphatic heterocycles. The Morgan fingerprint density at radius 3 is 2.42 bits per heavy atom. The summed E-state index contributed by atoms with van der Waals surface area (Å²) >= 11 is 0. The molecular weight excluding hydrogens is 380 g/mol. The van der Waals surface area contributed by atoms with Gasteiger partial charge in [-0.05, 0) is 36.4 Å². The van der Waals surface area contributed by atoms with Crippen LogP contribution in [0, 0.1) is 5.82 Å². The number of halogens is 4. The molecule has 0 heterocycles. The van der Waals surface area contributed by atoms with Crippen molar-refractivity contribution in [2.24, 2.45) is 0 Å². The molecule has 0 saturated carbocycles. The van der Waals surface area contributed by atoms with Gasteiger partial charge in [0.1, 0.15) is 11.6 Å². The van der Waals surface area contributed by atoms with Crippen LogP contribution in [0.25, 0.3) is 0 Å². The fourth-order valence-corrected chi connectivity index (χ4v) is 2.66. The third kappa shape index (κ3) is 5.43. The molecule has 2 N–H and O–H groups in total. The van der Waals surface area contributed by atoms with Crippen LogP contribution in [0.4, 0.5) is 17.6 Å². The molecule has 0 saturated heterocycles. The molecule has 0 atom stereocenters. The number of ether oxygens (including phenoxy) is 1. The van der Waals surface area contributed by atoms with Gasteiger partial charge in [0, 0.05) is 0 Å². The smallest absolute Gasteiger partial charge is 0.416 e. The van der Waals surface area contributed by atoms with E-state index < -0.39 is 45.0 Å². The van der Waals surface area contributed by atoms with Crippen LogP contribution in [-0.2, 0) is 21.0 Å². The molecule has 26 heavy (non-hydrogen) atoms. The van der Waals surface area contributed by atoms with Gasteiger partial charge < -0.3 is 4.74 Å². The van der Waals surface area contributed by atoms with Crippen molar-refractivity contribution in [3.05, 3.63) is 59.9 Å². The zero-order chi connectivity index (χ0) is 19.4. The number of hydrogen-bond acceptors (Lipinski definition) is 4. The monoisotopic (exact) mass is 392 g/mol. The summed E-state index contributed by atoms with van der Waals surface area (Å²) in [4.78, 5) is 12.9. The summed E-state index contributed by atoms with van der Waals surface area (Å²) in [6, 6.07) is 7.90. The van der Waals surface area contributed by atoms with Crippen LogP contribution in [0.5, 0.6) is 5.75 Å². The summed E-state index contributed by atoms with van der Waals surface area (Å²) in [7, 11) is -4.21. The predicted octanol–water partition coefficient (Wildman–Crippen LogP) is 2.23. The molecular formula is C15H12F4N2O4S. The maximum Gasteiger partial charge on any atom is 0.416 e. The van der Waals surface area contributed by atoms with Gasteiger partial charge in [-0.3, -0.25) is 10.2 Å². The van der Waals surface area contributed by atoms with Crippen LogP contribution in [-0.4, -0.2) is 20.9 Å². The van der Waals surface area contributed by atoms with Crippen molar-refractivity contribution in [3.8, 4) is 5.75 Å². The Morgan fingerprint density at radius 2 is 1.77 bits per heavy atom. The van der Waals surface area contributed by atoms with E-state index in [4.69, 9.17) is 4.74 Å². The number of rotatable bonds is 6. The van der Waals surface area contributed by atoms with Crippen LogP contribution in [0.15, 0.2) is 53.4 Å². The lowest BCUT2D eigenvalue weighted by molar-refractivity contribution is -0.137. The van der Waals surface area contributed by atoms with E-state index in [2.05, 4.69) is 0 Å². The van der Waals surface area contributed by atoms with Gasteiger partial charge >= 0.3 is 6.18 Å². The van der Waals surface area contributed by atoms with Crippen molar-refractivity contribution in [2.45, 2.75) is 11.1 Å². The number of hydrogen-bond donors (Lipinski definition) is 2. The van der Waals surface area contributed by atoms with E-state index in [0.717, 1.165) is 30.3 Å². The molecule has 0 aliphatic rings. The van der Waals surface area contributed by atoms with Crippen molar-refractivity contribution >= 4 is 15.9 Å². The predicted molar refractivity (Wildman–Crippen MR) is 81.8 cm³/mol. The third-order valence-electron chi connectivity index (χ3n) is 2.96. The average Bonchev–Trinajstić information content (AvgIpc) is 2.58. The van der Waals surface area contributed by atoms with Crippen LogP contribution in [0.2, 0.25) is 0 Å². The summed E-state index contributed by atoms with van der Waals surface area (Å²) in [6.45, 7) is -0.743. The van der Waals surface area contributed by atoms with Gasteiger partial charge in [0.2, 0.25) is 0 Å². The summed E-state index contributed by atoms with van der Waals surface area (Å²) < 4.78 is 79.4. The minimum absolute atomic E-state index is 0.219. The van der Waals surface area contributed by atoms with Crippen LogP contribution in [0.3, 0.4) is 0 Å². The number of nitrogens with one attached hydrogen (secondary N) is 2. The Balaban J connectivity index is 1.92. The lowest BCUT2D eigenvalue weighted by Crippen LogP contribution is -2.43. The fraction of sp³-hybridized carbons (Fsp3) is 0.133. The molecule has 0 spiro atoms. The van der Waals surface area contributed by atoms with Crippen LogP contribution >= 0.6 is 0 Å². The third-order valence-corrected chi connectivity index (χ3v) is 4.21. The number of carbonyl (C=O) groups excluding carboxylic acids is 1. The first-order valence-electron chi connectivity index (χ1n) is 6.94. The molecule has 0 aliphatic carbocycles. The summed E-state index contributed by atoms with van der Waals surface area (Å²) in [5.41, 5.74) is 0.853. The lowest BCUT2D eigenvalue weighted by atomic mass is 10.2. The Labute approximate surface area is 145 Å². The van der Waals surface area contributed by atoms with Gasteiger partial charge in [0.15, 0.2) is 6.61 Å². The molecule has 140 valence electrons. The lowest BCUT2D eigenvalue weighted by Gasteiger charge is -2.11. The van der Waals surface area contributed by atoms with E-state index in [-0.39, 0.29) is 5.75 Å². The SMILES string of the molecule is O=C(COc1cccc(C(F)(F)F)c1)NNS(=O)(=O)c1cccc(F)c1. The zero-order valence-electron chi connectivity index (χ0n) is 12.9.